The van der Waals surface area contributed by atoms with Crippen molar-refractivity contribution in [2.24, 2.45) is 0 Å². The molecule has 1 aromatic rings. The molecule has 0 N–H and O–H groups in total. The number of nitrogens with zero attached hydrogens (tertiary/aromatic N) is 1. The summed E-state index contributed by atoms with van der Waals surface area (Å²) in [6, 6.07) is 4.93. The zero-order valence-electron chi connectivity index (χ0n) is 9.43. The maximum atomic E-state index is 13.5. The van der Waals surface area contributed by atoms with Gasteiger partial charge in [0.15, 0.2) is 0 Å². The number of hydrogen-bond donors (Lipinski definition) is 0. The van der Waals surface area contributed by atoms with E-state index >= 15 is 0 Å². The molecule has 1 aromatic carbocycles. The highest BCUT2D eigenvalue weighted by atomic mass is 19.1. The van der Waals surface area contributed by atoms with E-state index in [4.69, 9.17) is 4.74 Å². The van der Waals surface area contributed by atoms with Crippen LogP contribution in [-0.4, -0.2) is 30.5 Å². The molecule has 0 aromatic heterocycles. The largest absolute Gasteiger partial charge is 0.487 e. The Balaban J connectivity index is 1.67. The van der Waals surface area contributed by atoms with Crippen molar-refractivity contribution in [1.29, 1.82) is 0 Å². The Morgan fingerprint density at radius 1 is 1.35 bits per heavy atom. The van der Waals surface area contributed by atoms with Crippen LogP contribution in [0.5, 0.6) is 5.75 Å². The molecule has 4 heteroatoms. The van der Waals surface area contributed by atoms with E-state index in [1.807, 2.05) is 0 Å². The maximum Gasteiger partial charge on any atom is 0.209 e. The summed E-state index contributed by atoms with van der Waals surface area (Å²) < 4.78 is 19.2. The van der Waals surface area contributed by atoms with Crippen molar-refractivity contribution in [1.82, 2.24) is 4.90 Å². The second-order valence-corrected chi connectivity index (χ2v) is 4.76. The van der Waals surface area contributed by atoms with Crippen molar-refractivity contribution in [3.05, 3.63) is 29.6 Å². The van der Waals surface area contributed by atoms with Crippen LogP contribution in [0.3, 0.4) is 0 Å². The van der Waals surface area contributed by atoms with E-state index in [-0.39, 0.29) is 11.9 Å². The molecule has 0 radical (unpaired) electrons. The Bertz CT molecular complexity index is 439. The molecule has 2 fully saturated rings. The van der Waals surface area contributed by atoms with Crippen molar-refractivity contribution >= 4 is 6.41 Å². The molecule has 0 atom stereocenters. The molecule has 0 unspecified atom stereocenters. The fourth-order valence-corrected chi connectivity index (χ4v) is 2.13. The second kappa shape index (κ2) is 4.02. The highest BCUT2D eigenvalue weighted by molar-refractivity contribution is 5.49. The highest BCUT2D eigenvalue weighted by Gasteiger charge is 2.29. The van der Waals surface area contributed by atoms with Gasteiger partial charge in [0.2, 0.25) is 6.41 Å². The first-order chi connectivity index (χ1) is 8.26. The molecule has 1 heterocycles. The number of ether oxygens (including phenoxy) is 1. The minimum absolute atomic E-state index is 0.0534. The van der Waals surface area contributed by atoms with Crippen molar-refractivity contribution < 1.29 is 13.9 Å². The average Bonchev–Trinajstić information content (AvgIpc) is 3.08. The van der Waals surface area contributed by atoms with Crippen LogP contribution >= 0.6 is 0 Å². The molecule has 2 aliphatic rings. The molecule has 17 heavy (non-hydrogen) atoms. The molecule has 3 nitrogen and oxygen atoms in total. The predicted octanol–water partition coefficient (Wildman–Crippen LogP) is 1.92. The molecule has 0 spiro atoms. The fourth-order valence-electron chi connectivity index (χ4n) is 2.13. The molecule has 90 valence electrons. The Kier molecular flexibility index (Phi) is 2.50. The maximum absolute atomic E-state index is 13.5. The summed E-state index contributed by atoms with van der Waals surface area (Å²) >= 11 is 0. The third kappa shape index (κ3) is 2.12. The molecule has 3 rings (SSSR count). The molecule has 0 bridgehead atoms. The van der Waals surface area contributed by atoms with E-state index in [1.54, 1.807) is 17.0 Å². The van der Waals surface area contributed by atoms with Gasteiger partial charge in [-0.25, -0.2) is 4.39 Å². The van der Waals surface area contributed by atoms with Gasteiger partial charge in [-0.3, -0.25) is 4.79 Å². The highest BCUT2D eigenvalue weighted by Crippen LogP contribution is 2.42. The topological polar surface area (TPSA) is 29.5 Å². The summed E-state index contributed by atoms with van der Waals surface area (Å²) in [4.78, 5) is 12.1. The summed E-state index contributed by atoms with van der Waals surface area (Å²) in [7, 11) is 0. The third-order valence-electron chi connectivity index (χ3n) is 3.31. The van der Waals surface area contributed by atoms with Gasteiger partial charge in [0.1, 0.15) is 17.7 Å². The van der Waals surface area contributed by atoms with Gasteiger partial charge in [-0.2, -0.15) is 0 Å². The Hall–Kier alpha value is -1.58. The molecule has 1 saturated heterocycles. The lowest BCUT2D eigenvalue weighted by Crippen LogP contribution is -2.52. The van der Waals surface area contributed by atoms with E-state index in [1.165, 1.54) is 6.07 Å². The number of carbonyl (C=O) groups is 1. The van der Waals surface area contributed by atoms with Crippen LogP contribution < -0.4 is 4.74 Å². The van der Waals surface area contributed by atoms with E-state index in [0.717, 1.165) is 24.8 Å². The number of benzene rings is 1. The van der Waals surface area contributed by atoms with Gasteiger partial charge in [0, 0.05) is 0 Å². The molecule has 1 aliphatic heterocycles. The monoisotopic (exact) mass is 235 g/mol. The van der Waals surface area contributed by atoms with Gasteiger partial charge >= 0.3 is 0 Å². The minimum Gasteiger partial charge on any atom is -0.487 e. The lowest BCUT2D eigenvalue weighted by Gasteiger charge is -2.36. The summed E-state index contributed by atoms with van der Waals surface area (Å²) in [6.45, 7) is 1.25. The van der Waals surface area contributed by atoms with Gasteiger partial charge in [0.25, 0.3) is 0 Å². The lowest BCUT2D eigenvalue weighted by molar-refractivity contribution is -0.126. The summed E-state index contributed by atoms with van der Waals surface area (Å²) in [6.07, 6.45) is 3.02. The SMILES string of the molecule is O=CN1CC(Oc2ccc(F)c(C3CC3)c2)C1. The van der Waals surface area contributed by atoms with Crippen LogP contribution in [0.2, 0.25) is 0 Å². The zero-order valence-corrected chi connectivity index (χ0v) is 9.43. The Labute approximate surface area is 99.2 Å². The van der Waals surface area contributed by atoms with Crippen molar-refractivity contribution in [2.45, 2.75) is 24.9 Å². The lowest BCUT2D eigenvalue weighted by atomic mass is 10.1. The first-order valence-electron chi connectivity index (χ1n) is 5.91. The van der Waals surface area contributed by atoms with E-state index in [0.29, 0.717) is 24.8 Å². The van der Waals surface area contributed by atoms with Crippen molar-refractivity contribution in [3.8, 4) is 5.75 Å². The van der Waals surface area contributed by atoms with Crippen LogP contribution in [0, 0.1) is 5.82 Å². The normalized spacial score (nSPS) is 19.9. The van der Waals surface area contributed by atoms with Crippen LogP contribution in [0.4, 0.5) is 4.39 Å². The van der Waals surface area contributed by atoms with Gasteiger partial charge in [-0.05, 0) is 42.5 Å². The molecular formula is C13H14FNO2. The fraction of sp³-hybridized carbons (Fsp3) is 0.462. The molecular weight excluding hydrogens is 221 g/mol. The average molecular weight is 235 g/mol. The number of amides is 1. The molecule has 1 saturated carbocycles. The molecule has 1 aliphatic carbocycles. The van der Waals surface area contributed by atoms with E-state index in [9.17, 15) is 9.18 Å². The Morgan fingerprint density at radius 2 is 2.12 bits per heavy atom. The van der Waals surface area contributed by atoms with E-state index < -0.39 is 0 Å². The first kappa shape index (κ1) is 10.6. The van der Waals surface area contributed by atoms with Gasteiger partial charge in [0.05, 0.1) is 13.1 Å². The van der Waals surface area contributed by atoms with Crippen LogP contribution in [0.25, 0.3) is 0 Å². The van der Waals surface area contributed by atoms with Crippen LogP contribution in [0.15, 0.2) is 18.2 Å². The minimum atomic E-state index is -0.136. The van der Waals surface area contributed by atoms with Crippen LogP contribution in [-0.2, 0) is 4.79 Å². The Morgan fingerprint density at radius 3 is 2.76 bits per heavy atom. The first-order valence-corrected chi connectivity index (χ1v) is 5.91. The number of likely N-dealkylation sites (tertiary alicyclic amines) is 1. The quantitative estimate of drug-likeness (QED) is 0.746. The summed E-state index contributed by atoms with van der Waals surface area (Å²) in [5.41, 5.74) is 0.772. The number of halogens is 1. The van der Waals surface area contributed by atoms with Gasteiger partial charge < -0.3 is 9.64 Å². The summed E-state index contributed by atoms with van der Waals surface area (Å²) in [5, 5.41) is 0. The van der Waals surface area contributed by atoms with Crippen molar-refractivity contribution in [3.63, 3.8) is 0 Å². The number of hydrogen-bond acceptors (Lipinski definition) is 2. The zero-order chi connectivity index (χ0) is 11.8. The molecule has 1 amide bonds. The predicted molar refractivity (Wildman–Crippen MR) is 60.4 cm³/mol. The van der Waals surface area contributed by atoms with Crippen LogP contribution in [0.1, 0.15) is 24.3 Å². The van der Waals surface area contributed by atoms with Gasteiger partial charge in [-0.15, -0.1) is 0 Å². The van der Waals surface area contributed by atoms with E-state index in [2.05, 4.69) is 0 Å². The second-order valence-electron chi connectivity index (χ2n) is 4.76. The number of rotatable bonds is 4. The number of carbonyl (C=O) groups excluding carboxylic acids is 1. The third-order valence-corrected chi connectivity index (χ3v) is 3.31. The van der Waals surface area contributed by atoms with Gasteiger partial charge in [-0.1, -0.05) is 0 Å². The standard InChI is InChI=1S/C13H14FNO2/c14-13-4-3-10(5-12(13)9-1-2-9)17-11-6-15(7-11)8-16/h3-5,8-9,11H,1-2,6-7H2. The smallest absolute Gasteiger partial charge is 0.209 e. The van der Waals surface area contributed by atoms with Crippen molar-refractivity contribution in [2.75, 3.05) is 13.1 Å². The summed E-state index contributed by atoms with van der Waals surface area (Å²) in [5.74, 6) is 0.957.